The van der Waals surface area contributed by atoms with Crippen LogP contribution < -0.4 is 5.32 Å². The Morgan fingerprint density at radius 3 is 2.50 bits per heavy atom. The lowest BCUT2D eigenvalue weighted by molar-refractivity contribution is -0.142. The number of alkyl carbamates (subject to hydrolysis) is 1. The number of ether oxygens (including phenoxy) is 2. The van der Waals surface area contributed by atoms with E-state index in [1.165, 1.54) is 18.3 Å². The molecule has 0 saturated carbocycles. The molecule has 1 aromatic rings. The molecule has 1 aliphatic rings. The molecular weight excluding hydrogens is 649 g/mol. The second kappa shape index (κ2) is 20.4. The maximum absolute atomic E-state index is 13.2. The normalized spacial score (nSPS) is 19.2. The Balaban J connectivity index is 1.79. The maximum Gasteiger partial charge on any atom is 0.418 e. The third-order valence-corrected chi connectivity index (χ3v) is 8.29. The average Bonchev–Trinajstić information content (AvgIpc) is 3.05. The van der Waals surface area contributed by atoms with Crippen molar-refractivity contribution in [1.82, 2.24) is 10.3 Å². The number of rotatable bonds is 17. The quantitative estimate of drug-likeness (QED) is 0.0953. The summed E-state index contributed by atoms with van der Waals surface area (Å²) in [5.41, 5.74) is 1.61. The third kappa shape index (κ3) is 15.1. The van der Waals surface area contributed by atoms with Crippen LogP contribution in [0.2, 0.25) is 0 Å². The van der Waals surface area contributed by atoms with Crippen molar-refractivity contribution in [3.63, 3.8) is 0 Å². The van der Waals surface area contributed by atoms with Gasteiger partial charge in [0, 0.05) is 30.5 Å². The standard InChI is InChI=1S/C39H51F3N2O6/c1-25(21-27(3)16-17-32-13-9-15-35(45)50-32)11-8-12-26(2)22-29(5)36(46)31(7)37(47)30(6)23-28(4)18-20-49-38(48)44-24-34-33(39(40,41)42)14-10-19-43-34/h8-10,12,14-19,21-22,25,29-32,37,47H,11,13,20,23-24H2,1-7H3,(H,44,48)/b12-8+,17-16+,26-22+,27-21-,28-18+/t25-,29-,30+,31-,32-,37-/m1/s1. The topological polar surface area (TPSA) is 115 Å². The van der Waals surface area contributed by atoms with Gasteiger partial charge in [-0.2, -0.15) is 13.2 Å². The summed E-state index contributed by atoms with van der Waals surface area (Å²) in [6, 6.07) is 2.07. The Labute approximate surface area is 293 Å². The average molecular weight is 701 g/mol. The fraction of sp³-hybridized carbons (Fsp3) is 0.487. The first-order chi connectivity index (χ1) is 23.5. The fourth-order valence-electron chi connectivity index (χ4n) is 5.58. The highest BCUT2D eigenvalue weighted by atomic mass is 19.4. The van der Waals surface area contributed by atoms with Crippen LogP contribution >= 0.6 is 0 Å². The van der Waals surface area contributed by atoms with Crippen molar-refractivity contribution in [2.45, 2.75) is 92.7 Å². The Kier molecular flexibility index (Phi) is 17.1. The molecule has 8 nitrogen and oxygen atoms in total. The number of amides is 1. The molecule has 0 spiro atoms. The molecule has 1 amide bonds. The number of hydrogen-bond donors (Lipinski definition) is 2. The van der Waals surface area contributed by atoms with Crippen LogP contribution in [0.25, 0.3) is 0 Å². The van der Waals surface area contributed by atoms with Gasteiger partial charge in [-0.25, -0.2) is 9.59 Å². The van der Waals surface area contributed by atoms with Crippen LogP contribution in [0.1, 0.15) is 79.0 Å². The van der Waals surface area contributed by atoms with Crippen LogP contribution in [0.15, 0.2) is 89.7 Å². The molecule has 0 saturated heterocycles. The van der Waals surface area contributed by atoms with Gasteiger partial charge in [-0.15, -0.1) is 0 Å². The summed E-state index contributed by atoms with van der Waals surface area (Å²) in [4.78, 5) is 40.3. The van der Waals surface area contributed by atoms with Gasteiger partial charge in [-0.1, -0.05) is 80.9 Å². The first-order valence-corrected chi connectivity index (χ1v) is 16.9. The number of ketones is 1. The highest BCUT2D eigenvalue weighted by molar-refractivity contribution is 5.85. The van der Waals surface area contributed by atoms with Crippen LogP contribution in [0.5, 0.6) is 0 Å². The minimum absolute atomic E-state index is 0.0711. The number of hydrogen-bond acceptors (Lipinski definition) is 7. The first kappa shape index (κ1) is 41.9. The minimum atomic E-state index is -4.59. The van der Waals surface area contributed by atoms with Crippen molar-refractivity contribution in [3.8, 4) is 0 Å². The monoisotopic (exact) mass is 700 g/mol. The molecule has 0 bridgehead atoms. The summed E-state index contributed by atoms with van der Waals surface area (Å²) in [5.74, 6) is -1.38. The lowest BCUT2D eigenvalue weighted by Gasteiger charge is -2.26. The zero-order valence-corrected chi connectivity index (χ0v) is 30.0. The lowest BCUT2D eigenvalue weighted by Crippen LogP contribution is -2.34. The summed E-state index contributed by atoms with van der Waals surface area (Å²) in [7, 11) is 0. The molecule has 1 aromatic heterocycles. The van der Waals surface area contributed by atoms with Crippen molar-refractivity contribution < 1.29 is 42.1 Å². The van der Waals surface area contributed by atoms with Gasteiger partial charge in [0.05, 0.1) is 23.9 Å². The van der Waals surface area contributed by atoms with Crippen molar-refractivity contribution in [2.75, 3.05) is 6.61 Å². The highest BCUT2D eigenvalue weighted by Crippen LogP contribution is 2.31. The molecule has 0 fully saturated rings. The van der Waals surface area contributed by atoms with Crippen LogP contribution in [0.4, 0.5) is 18.0 Å². The number of aliphatic hydroxyl groups is 1. The highest BCUT2D eigenvalue weighted by Gasteiger charge is 2.34. The predicted molar refractivity (Wildman–Crippen MR) is 188 cm³/mol. The van der Waals surface area contributed by atoms with Crippen molar-refractivity contribution in [1.29, 1.82) is 0 Å². The molecule has 0 unspecified atom stereocenters. The Morgan fingerprint density at radius 2 is 1.82 bits per heavy atom. The third-order valence-electron chi connectivity index (χ3n) is 8.29. The molecule has 274 valence electrons. The number of carbonyl (C=O) groups excluding carboxylic acids is 3. The van der Waals surface area contributed by atoms with E-state index in [-0.39, 0.29) is 42.0 Å². The number of nitrogens with one attached hydrogen (secondary N) is 1. The number of Topliss-reactive ketones (excluding diaryl/α,β-unsaturated/α-hetero) is 1. The van der Waals surface area contributed by atoms with Gasteiger partial charge in [-0.3, -0.25) is 9.78 Å². The number of alkyl halides is 3. The molecule has 6 atom stereocenters. The molecule has 2 heterocycles. The summed E-state index contributed by atoms with van der Waals surface area (Å²) in [5, 5.41) is 13.2. The molecule has 0 aromatic carbocycles. The number of pyridine rings is 1. The van der Waals surface area contributed by atoms with E-state index in [4.69, 9.17) is 9.47 Å². The number of aromatic nitrogens is 1. The van der Waals surface area contributed by atoms with E-state index in [0.717, 1.165) is 29.2 Å². The van der Waals surface area contributed by atoms with Crippen molar-refractivity contribution in [3.05, 3.63) is 101 Å². The van der Waals surface area contributed by atoms with E-state index in [1.807, 2.05) is 65.0 Å². The molecule has 11 heteroatoms. The molecule has 0 radical (unpaired) electrons. The van der Waals surface area contributed by atoms with E-state index in [0.29, 0.717) is 12.8 Å². The number of aliphatic hydroxyl groups excluding tert-OH is 1. The fourth-order valence-corrected chi connectivity index (χ4v) is 5.58. The van der Waals surface area contributed by atoms with Crippen molar-refractivity contribution in [2.24, 2.45) is 23.7 Å². The number of carbonyl (C=O) groups is 3. The zero-order chi connectivity index (χ0) is 37.4. The summed E-state index contributed by atoms with van der Waals surface area (Å²) < 4.78 is 49.7. The second-order valence-electron chi connectivity index (χ2n) is 13.1. The summed E-state index contributed by atoms with van der Waals surface area (Å²) in [6.07, 6.45) is 13.4. The largest absolute Gasteiger partial charge is 0.455 e. The molecular formula is C39H51F3N2O6. The van der Waals surface area contributed by atoms with Crippen LogP contribution in [0.3, 0.4) is 0 Å². The van der Waals surface area contributed by atoms with E-state index in [9.17, 15) is 32.7 Å². The van der Waals surface area contributed by atoms with Crippen LogP contribution in [-0.2, 0) is 31.8 Å². The predicted octanol–water partition coefficient (Wildman–Crippen LogP) is 8.40. The minimum Gasteiger partial charge on any atom is -0.455 e. The van der Waals surface area contributed by atoms with Gasteiger partial charge in [0.2, 0.25) is 0 Å². The Bertz CT molecular complexity index is 1490. The Morgan fingerprint density at radius 1 is 1.12 bits per heavy atom. The molecule has 2 rings (SSSR count). The maximum atomic E-state index is 13.2. The smallest absolute Gasteiger partial charge is 0.418 e. The van der Waals surface area contributed by atoms with Gasteiger partial charge in [0.15, 0.2) is 0 Å². The van der Waals surface area contributed by atoms with Crippen LogP contribution in [-0.4, -0.2) is 46.8 Å². The number of halogens is 3. The van der Waals surface area contributed by atoms with E-state index in [2.05, 4.69) is 29.4 Å². The Hall–Kier alpha value is -4.25. The van der Waals surface area contributed by atoms with Gasteiger partial charge >= 0.3 is 18.2 Å². The second-order valence-corrected chi connectivity index (χ2v) is 13.1. The van der Waals surface area contributed by atoms with E-state index < -0.39 is 42.3 Å². The van der Waals surface area contributed by atoms with Crippen LogP contribution in [0, 0.1) is 23.7 Å². The zero-order valence-electron chi connectivity index (χ0n) is 30.0. The van der Waals surface area contributed by atoms with Gasteiger partial charge < -0.3 is 19.9 Å². The molecule has 1 aliphatic heterocycles. The SMILES string of the molecule is CC(=C/[C@H](C)C/C=C/C(C)=C/[C@@H](C)C(=O)[C@@H](C)[C@H](O)[C@@H](C)C/C(C)=C/COC(=O)NCc1ncccc1C(F)(F)F)/C=C/[C@H]1CC=CC(=O)O1. The van der Waals surface area contributed by atoms with Crippen molar-refractivity contribution >= 4 is 17.8 Å². The number of esters is 1. The van der Waals surface area contributed by atoms with Gasteiger partial charge in [-0.05, 0) is 69.7 Å². The van der Waals surface area contributed by atoms with E-state index >= 15 is 0 Å². The summed E-state index contributed by atoms with van der Waals surface area (Å²) >= 11 is 0. The first-order valence-electron chi connectivity index (χ1n) is 16.9. The number of allylic oxidation sites excluding steroid dienone is 8. The number of nitrogens with zero attached hydrogens (tertiary/aromatic N) is 1. The lowest BCUT2D eigenvalue weighted by atomic mass is 9.83. The van der Waals surface area contributed by atoms with E-state index in [1.54, 1.807) is 13.0 Å². The summed E-state index contributed by atoms with van der Waals surface area (Å²) in [6.45, 7) is 12.7. The van der Waals surface area contributed by atoms with Gasteiger partial charge in [0.1, 0.15) is 18.5 Å². The molecule has 0 aliphatic carbocycles. The van der Waals surface area contributed by atoms with Gasteiger partial charge in [0.25, 0.3) is 0 Å². The molecule has 50 heavy (non-hydrogen) atoms. The molecule has 2 N–H and O–H groups in total. The number of cyclic esters (lactones) is 1.